The van der Waals surface area contributed by atoms with Crippen molar-refractivity contribution in [1.29, 1.82) is 0 Å². The number of carbonyl (C=O) groups excluding carboxylic acids is 1. The lowest BCUT2D eigenvalue weighted by Crippen LogP contribution is -2.30. The standard InChI is InChI=1S/C12H11ClN4OS/c13-12-16-15-10(19-12)11(18)17-6-2-4-9(17)8-3-1-5-14-7-8/h1,3,5,7,9H,2,4,6H2. The Morgan fingerprint density at radius 3 is 3.05 bits per heavy atom. The minimum absolute atomic E-state index is 0.0730. The van der Waals surface area contributed by atoms with Crippen LogP contribution in [0.25, 0.3) is 0 Å². The molecule has 1 fully saturated rings. The molecule has 7 heteroatoms. The summed E-state index contributed by atoms with van der Waals surface area (Å²) in [5.74, 6) is -0.101. The third kappa shape index (κ3) is 2.46. The molecule has 3 heterocycles. The van der Waals surface area contributed by atoms with Gasteiger partial charge in [0.2, 0.25) is 9.47 Å². The summed E-state index contributed by atoms with van der Waals surface area (Å²) in [6.45, 7) is 0.732. The predicted molar refractivity (Wildman–Crippen MR) is 72.2 cm³/mol. The van der Waals surface area contributed by atoms with Crippen LogP contribution in [0.4, 0.5) is 0 Å². The second kappa shape index (κ2) is 5.22. The van der Waals surface area contributed by atoms with Crippen molar-refractivity contribution in [3.8, 4) is 0 Å². The molecule has 0 saturated carbocycles. The molecule has 1 saturated heterocycles. The number of pyridine rings is 1. The Kier molecular flexibility index (Phi) is 3.44. The molecule has 0 radical (unpaired) electrons. The summed E-state index contributed by atoms with van der Waals surface area (Å²) < 4.78 is 0.292. The number of amides is 1. The third-order valence-corrected chi connectivity index (χ3v) is 4.17. The molecule has 0 aliphatic carbocycles. The van der Waals surface area contributed by atoms with E-state index in [-0.39, 0.29) is 11.9 Å². The summed E-state index contributed by atoms with van der Waals surface area (Å²) in [7, 11) is 0. The molecule has 19 heavy (non-hydrogen) atoms. The normalized spacial score (nSPS) is 18.8. The Labute approximate surface area is 119 Å². The van der Waals surface area contributed by atoms with Gasteiger partial charge in [-0.15, -0.1) is 10.2 Å². The van der Waals surface area contributed by atoms with Crippen molar-refractivity contribution in [2.24, 2.45) is 0 Å². The van der Waals surface area contributed by atoms with Crippen LogP contribution in [0.15, 0.2) is 24.5 Å². The lowest BCUT2D eigenvalue weighted by atomic mass is 10.1. The molecule has 0 bridgehead atoms. The van der Waals surface area contributed by atoms with Crippen LogP contribution >= 0.6 is 22.9 Å². The zero-order valence-electron chi connectivity index (χ0n) is 9.99. The molecule has 1 unspecified atom stereocenters. The molecule has 1 aliphatic rings. The Balaban J connectivity index is 1.86. The summed E-state index contributed by atoms with van der Waals surface area (Å²) in [5.41, 5.74) is 1.06. The second-order valence-corrected chi connectivity index (χ2v) is 5.86. The number of likely N-dealkylation sites (tertiary alicyclic amines) is 1. The monoisotopic (exact) mass is 294 g/mol. The van der Waals surface area contributed by atoms with E-state index >= 15 is 0 Å². The number of rotatable bonds is 2. The lowest BCUT2D eigenvalue weighted by molar-refractivity contribution is 0.0734. The van der Waals surface area contributed by atoms with Gasteiger partial charge in [0.1, 0.15) is 0 Å². The Morgan fingerprint density at radius 2 is 2.37 bits per heavy atom. The molecule has 2 aromatic heterocycles. The maximum Gasteiger partial charge on any atom is 0.285 e. The number of halogens is 1. The first-order valence-electron chi connectivity index (χ1n) is 5.95. The number of aromatic nitrogens is 3. The maximum absolute atomic E-state index is 12.4. The zero-order chi connectivity index (χ0) is 13.2. The first kappa shape index (κ1) is 12.5. The van der Waals surface area contributed by atoms with Gasteiger partial charge in [0.25, 0.3) is 5.91 Å². The summed E-state index contributed by atoms with van der Waals surface area (Å²) in [6, 6.07) is 3.96. The molecule has 3 rings (SSSR count). The first-order chi connectivity index (χ1) is 9.25. The number of carbonyl (C=O) groups is 1. The summed E-state index contributed by atoms with van der Waals surface area (Å²) >= 11 is 6.85. The van der Waals surface area contributed by atoms with E-state index in [1.807, 2.05) is 23.2 Å². The van der Waals surface area contributed by atoms with Gasteiger partial charge in [0.15, 0.2) is 0 Å². The largest absolute Gasteiger partial charge is 0.329 e. The van der Waals surface area contributed by atoms with Gasteiger partial charge in [-0.2, -0.15) is 0 Å². The van der Waals surface area contributed by atoms with Crippen LogP contribution in [-0.4, -0.2) is 32.5 Å². The Morgan fingerprint density at radius 1 is 1.47 bits per heavy atom. The van der Waals surface area contributed by atoms with E-state index in [0.717, 1.165) is 36.3 Å². The summed E-state index contributed by atoms with van der Waals surface area (Å²) in [6.07, 6.45) is 5.47. The van der Waals surface area contributed by atoms with Crippen molar-refractivity contribution in [2.75, 3.05) is 6.54 Å². The van der Waals surface area contributed by atoms with Crippen molar-refractivity contribution in [2.45, 2.75) is 18.9 Å². The molecule has 1 aliphatic heterocycles. The van der Waals surface area contributed by atoms with Crippen LogP contribution < -0.4 is 0 Å². The minimum Gasteiger partial charge on any atom is -0.329 e. The maximum atomic E-state index is 12.4. The topological polar surface area (TPSA) is 59.0 Å². The zero-order valence-corrected chi connectivity index (χ0v) is 11.6. The van der Waals surface area contributed by atoms with Gasteiger partial charge in [-0.3, -0.25) is 9.78 Å². The number of hydrogen-bond donors (Lipinski definition) is 0. The van der Waals surface area contributed by atoms with Crippen molar-refractivity contribution < 1.29 is 4.79 Å². The van der Waals surface area contributed by atoms with Crippen molar-refractivity contribution >= 4 is 28.8 Å². The fourth-order valence-corrected chi connectivity index (χ4v) is 3.13. The molecule has 98 valence electrons. The summed E-state index contributed by atoms with van der Waals surface area (Å²) in [5, 5.41) is 7.85. The van der Waals surface area contributed by atoms with E-state index < -0.39 is 0 Å². The minimum atomic E-state index is -0.101. The molecule has 0 spiro atoms. The van der Waals surface area contributed by atoms with Crippen molar-refractivity contribution in [1.82, 2.24) is 20.1 Å². The molecule has 0 N–H and O–H groups in total. The SMILES string of the molecule is O=C(c1nnc(Cl)s1)N1CCCC1c1cccnc1. The molecule has 2 aromatic rings. The first-order valence-corrected chi connectivity index (χ1v) is 7.15. The average Bonchev–Trinajstić information content (AvgIpc) is 3.07. The van der Waals surface area contributed by atoms with Crippen LogP contribution in [0.3, 0.4) is 0 Å². The molecular weight excluding hydrogens is 284 g/mol. The van der Waals surface area contributed by atoms with Crippen LogP contribution in [0.5, 0.6) is 0 Å². The fourth-order valence-electron chi connectivity index (χ4n) is 2.34. The predicted octanol–water partition coefficient (Wildman–Crippen LogP) is 2.56. The number of hydrogen-bond acceptors (Lipinski definition) is 5. The van der Waals surface area contributed by atoms with Gasteiger partial charge < -0.3 is 4.90 Å². The highest BCUT2D eigenvalue weighted by molar-refractivity contribution is 7.17. The highest BCUT2D eigenvalue weighted by Gasteiger charge is 2.32. The second-order valence-electron chi connectivity index (χ2n) is 4.30. The van der Waals surface area contributed by atoms with Crippen LogP contribution in [-0.2, 0) is 0 Å². The van der Waals surface area contributed by atoms with Gasteiger partial charge in [-0.05, 0) is 36.1 Å². The smallest absolute Gasteiger partial charge is 0.285 e. The Hall–Kier alpha value is -1.53. The van der Waals surface area contributed by atoms with Crippen molar-refractivity contribution in [3.63, 3.8) is 0 Å². The quantitative estimate of drug-likeness (QED) is 0.854. The lowest BCUT2D eigenvalue weighted by Gasteiger charge is -2.23. The molecular formula is C12H11ClN4OS. The van der Waals surface area contributed by atoms with E-state index in [0.29, 0.717) is 9.47 Å². The van der Waals surface area contributed by atoms with Gasteiger partial charge in [0, 0.05) is 18.9 Å². The van der Waals surface area contributed by atoms with E-state index in [1.54, 1.807) is 6.20 Å². The summed E-state index contributed by atoms with van der Waals surface area (Å²) in [4.78, 5) is 18.3. The van der Waals surface area contributed by atoms with Gasteiger partial charge in [0.05, 0.1) is 6.04 Å². The van der Waals surface area contributed by atoms with Gasteiger partial charge >= 0.3 is 0 Å². The van der Waals surface area contributed by atoms with E-state index in [1.165, 1.54) is 0 Å². The van der Waals surface area contributed by atoms with E-state index in [9.17, 15) is 4.79 Å². The highest BCUT2D eigenvalue weighted by Crippen LogP contribution is 2.33. The van der Waals surface area contributed by atoms with Crippen molar-refractivity contribution in [3.05, 3.63) is 39.6 Å². The van der Waals surface area contributed by atoms with E-state index in [4.69, 9.17) is 11.6 Å². The van der Waals surface area contributed by atoms with Crippen LogP contribution in [0.1, 0.15) is 34.2 Å². The molecule has 1 atom stereocenters. The van der Waals surface area contributed by atoms with Crippen LogP contribution in [0, 0.1) is 0 Å². The number of nitrogens with zero attached hydrogens (tertiary/aromatic N) is 4. The highest BCUT2D eigenvalue weighted by atomic mass is 35.5. The Bertz CT molecular complexity index is 588. The van der Waals surface area contributed by atoms with E-state index in [2.05, 4.69) is 15.2 Å². The van der Waals surface area contributed by atoms with Crippen LogP contribution in [0.2, 0.25) is 4.47 Å². The van der Waals surface area contributed by atoms with Gasteiger partial charge in [-0.1, -0.05) is 17.4 Å². The molecule has 0 aromatic carbocycles. The molecule has 5 nitrogen and oxygen atoms in total. The average molecular weight is 295 g/mol. The third-order valence-electron chi connectivity index (χ3n) is 3.17. The van der Waals surface area contributed by atoms with Gasteiger partial charge in [-0.25, -0.2) is 0 Å². The molecule has 1 amide bonds. The fraction of sp³-hybridized carbons (Fsp3) is 0.333.